The van der Waals surface area contributed by atoms with Crippen LogP contribution in [0.3, 0.4) is 0 Å². The quantitative estimate of drug-likeness (QED) is 0.104. The summed E-state index contributed by atoms with van der Waals surface area (Å²) in [7, 11) is 0. The molecule has 0 aromatic heterocycles. The number of ether oxygens (including phenoxy) is 2. The summed E-state index contributed by atoms with van der Waals surface area (Å²) in [5.74, 6) is -6.04. The third-order valence-electron chi connectivity index (χ3n) is 8.73. The summed E-state index contributed by atoms with van der Waals surface area (Å²) in [5, 5.41) is 9.79. The summed E-state index contributed by atoms with van der Waals surface area (Å²) < 4.78 is 56.0. The van der Waals surface area contributed by atoms with E-state index in [-0.39, 0.29) is 30.4 Å². The number of carbonyl (C=O) groups excluding carboxylic acids is 1. The molecule has 3 rings (SSSR count). The van der Waals surface area contributed by atoms with Crippen LogP contribution in [0.4, 0.5) is 13.2 Å². The lowest BCUT2D eigenvalue weighted by Gasteiger charge is -2.35. The van der Waals surface area contributed by atoms with Crippen LogP contribution in [-0.4, -0.2) is 29.3 Å². The summed E-state index contributed by atoms with van der Waals surface area (Å²) in [6.45, 7) is 4.32. The topological polar surface area (TPSA) is 72.8 Å². The van der Waals surface area contributed by atoms with Gasteiger partial charge in [0.25, 0.3) is 0 Å². The Morgan fingerprint density at radius 2 is 1.51 bits per heavy atom. The molecule has 0 spiro atoms. The molecule has 43 heavy (non-hydrogen) atoms. The van der Waals surface area contributed by atoms with Crippen molar-refractivity contribution < 1.29 is 37.3 Å². The van der Waals surface area contributed by atoms with Crippen LogP contribution in [0.25, 0.3) is 0 Å². The molecule has 0 aliphatic heterocycles. The van der Waals surface area contributed by atoms with Crippen LogP contribution in [0, 0.1) is 17.6 Å². The molecule has 1 aliphatic carbocycles. The van der Waals surface area contributed by atoms with Gasteiger partial charge in [-0.05, 0) is 67.9 Å². The van der Waals surface area contributed by atoms with Crippen LogP contribution in [0.1, 0.15) is 132 Å². The molecule has 1 N–H and O–H groups in total. The molecule has 0 heterocycles. The zero-order valence-electron chi connectivity index (χ0n) is 25.6. The number of alkyl halides is 1. The fourth-order valence-corrected chi connectivity index (χ4v) is 6.03. The Labute approximate surface area is 254 Å². The Bertz CT molecular complexity index is 1160. The average Bonchev–Trinajstić information content (AvgIpc) is 3.01. The molecule has 1 aliphatic rings. The van der Waals surface area contributed by atoms with E-state index in [1.807, 2.05) is 6.92 Å². The first-order valence-electron chi connectivity index (χ1n) is 16.1. The molecule has 0 amide bonds. The van der Waals surface area contributed by atoms with Crippen LogP contribution >= 0.6 is 0 Å². The van der Waals surface area contributed by atoms with Crippen molar-refractivity contribution >= 4 is 11.9 Å². The van der Waals surface area contributed by atoms with Crippen molar-refractivity contribution in [2.75, 3.05) is 6.61 Å². The number of carboxylic acid groups (broad SMARTS) is 1. The van der Waals surface area contributed by atoms with E-state index in [9.17, 15) is 23.5 Å². The highest BCUT2D eigenvalue weighted by Gasteiger charge is 2.48. The first-order valence-corrected chi connectivity index (χ1v) is 16.1. The minimum Gasteiger partial charge on any atom is -0.490 e. The molecule has 0 bridgehead atoms. The summed E-state index contributed by atoms with van der Waals surface area (Å²) in [6, 6.07) is 8.66. The Kier molecular flexibility index (Phi) is 13.9. The van der Waals surface area contributed by atoms with Crippen molar-refractivity contribution in [1.29, 1.82) is 0 Å². The smallest absolute Gasteiger partial charge is 0.346 e. The number of carboxylic acids is 1. The minimum absolute atomic E-state index is 0.107. The standard InChI is InChI=1S/C35H47F3O5/c1-3-5-6-7-8-9-10-14-23-42-30-22-21-29(31(36)32(30)37)33(39)43-28-19-17-26(18-20-28)25(4-2)24-35(38,34(40)41)27-15-12-11-13-16-27/h17-22,25,27H,3-16,23-24H2,1-2H3,(H,40,41)/t25?,35-/m0/s1. The number of aliphatic carboxylic acids is 1. The van der Waals surface area contributed by atoms with Gasteiger partial charge in [-0.25, -0.2) is 18.4 Å². The second-order valence-electron chi connectivity index (χ2n) is 11.8. The molecule has 2 aromatic rings. The summed E-state index contributed by atoms with van der Waals surface area (Å²) in [5.41, 5.74) is -2.14. The van der Waals surface area contributed by atoms with Crippen LogP contribution in [-0.2, 0) is 4.79 Å². The van der Waals surface area contributed by atoms with E-state index in [1.54, 1.807) is 12.1 Å². The van der Waals surface area contributed by atoms with Gasteiger partial charge >= 0.3 is 11.9 Å². The molecule has 1 unspecified atom stereocenters. The van der Waals surface area contributed by atoms with Crippen molar-refractivity contribution in [3.63, 3.8) is 0 Å². The van der Waals surface area contributed by atoms with E-state index in [0.29, 0.717) is 19.3 Å². The maximum atomic E-state index is 15.9. The minimum atomic E-state index is -2.31. The SMILES string of the molecule is CCCCCCCCCCOc1ccc(C(=O)Oc2ccc(C(CC)C[C@@](F)(C(=O)O)C3CCCCC3)cc2)c(F)c1F. The van der Waals surface area contributed by atoms with E-state index in [1.165, 1.54) is 43.9 Å². The molecular formula is C35H47F3O5. The predicted octanol–water partition coefficient (Wildman–Crippen LogP) is 9.96. The Morgan fingerprint density at radius 1 is 0.884 bits per heavy atom. The van der Waals surface area contributed by atoms with E-state index < -0.39 is 40.7 Å². The Morgan fingerprint density at radius 3 is 2.12 bits per heavy atom. The van der Waals surface area contributed by atoms with Crippen molar-refractivity contribution in [1.82, 2.24) is 0 Å². The zero-order valence-corrected chi connectivity index (χ0v) is 25.6. The highest BCUT2D eigenvalue weighted by Crippen LogP contribution is 2.43. The normalized spacial score (nSPS) is 15.9. The molecule has 1 saturated carbocycles. The molecule has 1 fully saturated rings. The van der Waals surface area contributed by atoms with Crippen molar-refractivity contribution in [3.05, 3.63) is 59.2 Å². The third-order valence-corrected chi connectivity index (χ3v) is 8.73. The summed E-state index contributed by atoms with van der Waals surface area (Å²) >= 11 is 0. The number of carbonyl (C=O) groups is 2. The lowest BCUT2D eigenvalue weighted by molar-refractivity contribution is -0.157. The number of benzene rings is 2. The average molecular weight is 605 g/mol. The highest BCUT2D eigenvalue weighted by molar-refractivity contribution is 5.91. The fraction of sp³-hybridized carbons (Fsp3) is 0.600. The van der Waals surface area contributed by atoms with Gasteiger partial charge in [0.05, 0.1) is 12.2 Å². The fourth-order valence-electron chi connectivity index (χ4n) is 6.03. The van der Waals surface area contributed by atoms with Gasteiger partial charge in [-0.15, -0.1) is 0 Å². The highest BCUT2D eigenvalue weighted by atomic mass is 19.2. The first-order chi connectivity index (χ1) is 20.7. The number of esters is 1. The van der Waals surface area contributed by atoms with E-state index in [4.69, 9.17) is 9.47 Å². The van der Waals surface area contributed by atoms with Gasteiger partial charge in [0, 0.05) is 5.92 Å². The van der Waals surface area contributed by atoms with Gasteiger partial charge < -0.3 is 14.6 Å². The molecule has 238 valence electrons. The number of unbranched alkanes of at least 4 members (excludes halogenated alkanes) is 7. The molecule has 2 atom stereocenters. The van der Waals surface area contributed by atoms with Crippen LogP contribution in [0.5, 0.6) is 11.5 Å². The molecular weight excluding hydrogens is 557 g/mol. The molecule has 0 saturated heterocycles. The van der Waals surface area contributed by atoms with Gasteiger partial charge in [0.15, 0.2) is 11.6 Å². The number of hydrogen-bond acceptors (Lipinski definition) is 4. The monoisotopic (exact) mass is 604 g/mol. The Balaban J connectivity index is 1.55. The van der Waals surface area contributed by atoms with E-state index in [2.05, 4.69) is 6.92 Å². The summed E-state index contributed by atoms with van der Waals surface area (Å²) in [6.07, 6.45) is 13.0. The zero-order chi connectivity index (χ0) is 31.2. The second kappa shape index (κ2) is 17.3. The molecule has 5 nitrogen and oxygen atoms in total. The van der Waals surface area contributed by atoms with E-state index in [0.717, 1.165) is 56.6 Å². The van der Waals surface area contributed by atoms with Gasteiger partial charge in [-0.2, -0.15) is 4.39 Å². The van der Waals surface area contributed by atoms with Gasteiger partial charge in [0.1, 0.15) is 5.75 Å². The van der Waals surface area contributed by atoms with Gasteiger partial charge in [-0.3, -0.25) is 0 Å². The molecule has 0 radical (unpaired) electrons. The maximum absolute atomic E-state index is 15.9. The van der Waals surface area contributed by atoms with Crippen LogP contribution in [0.15, 0.2) is 36.4 Å². The molecule has 2 aromatic carbocycles. The van der Waals surface area contributed by atoms with Crippen molar-refractivity contribution in [2.24, 2.45) is 5.92 Å². The largest absolute Gasteiger partial charge is 0.490 e. The van der Waals surface area contributed by atoms with Crippen molar-refractivity contribution in [2.45, 2.75) is 122 Å². The lowest BCUT2D eigenvalue weighted by atomic mass is 9.72. The summed E-state index contributed by atoms with van der Waals surface area (Å²) in [4.78, 5) is 24.7. The molecule has 8 heteroatoms. The first kappa shape index (κ1) is 34.5. The number of rotatable bonds is 18. The van der Waals surface area contributed by atoms with Crippen molar-refractivity contribution in [3.8, 4) is 11.5 Å². The number of halogens is 3. The number of hydrogen-bond donors (Lipinski definition) is 1. The Hall–Kier alpha value is -3.03. The maximum Gasteiger partial charge on any atom is 0.346 e. The van der Waals surface area contributed by atoms with Gasteiger partial charge in [-0.1, -0.05) is 90.2 Å². The second-order valence-corrected chi connectivity index (χ2v) is 11.8. The van der Waals surface area contributed by atoms with E-state index >= 15 is 4.39 Å². The van der Waals surface area contributed by atoms with Crippen LogP contribution < -0.4 is 9.47 Å². The lowest BCUT2D eigenvalue weighted by Crippen LogP contribution is -2.43. The third kappa shape index (κ3) is 9.73. The van der Waals surface area contributed by atoms with Crippen LogP contribution in [0.2, 0.25) is 0 Å². The van der Waals surface area contributed by atoms with Gasteiger partial charge in [0.2, 0.25) is 11.5 Å². The predicted molar refractivity (Wildman–Crippen MR) is 162 cm³/mol.